The number of aromatic nitrogens is 1. The number of nitrogens with zero attached hydrogens (tertiary/aromatic N) is 2. The highest BCUT2D eigenvalue weighted by molar-refractivity contribution is 14.0. The van der Waals surface area contributed by atoms with E-state index in [1.54, 1.807) is 13.2 Å². The number of hydrogen-bond acceptors (Lipinski definition) is 5. The molecule has 160 valence electrons. The molecule has 1 aromatic heterocycles. The first-order valence-corrected chi connectivity index (χ1v) is 10.5. The lowest BCUT2D eigenvalue weighted by molar-refractivity contribution is 0.319. The Kier molecular flexibility index (Phi) is 11.2. The number of ether oxygens (including phenoxy) is 2. The van der Waals surface area contributed by atoms with E-state index in [4.69, 9.17) is 9.47 Å². The number of hydrogen-bond donors (Lipinski definition) is 2. The zero-order chi connectivity index (χ0) is 20.4. The number of benzene rings is 1. The summed E-state index contributed by atoms with van der Waals surface area (Å²) < 4.78 is 11.6. The van der Waals surface area contributed by atoms with E-state index < -0.39 is 0 Å². The van der Waals surface area contributed by atoms with Crippen molar-refractivity contribution >= 4 is 41.7 Å². The molecule has 0 atom stereocenters. The van der Waals surface area contributed by atoms with Crippen LogP contribution in [0.4, 0.5) is 0 Å². The van der Waals surface area contributed by atoms with E-state index in [9.17, 15) is 0 Å². The summed E-state index contributed by atoms with van der Waals surface area (Å²) in [5.41, 5.74) is 1.04. The van der Waals surface area contributed by atoms with Gasteiger partial charge in [0, 0.05) is 37.1 Å². The van der Waals surface area contributed by atoms with Crippen molar-refractivity contribution < 1.29 is 9.47 Å². The van der Waals surface area contributed by atoms with Gasteiger partial charge >= 0.3 is 0 Å². The monoisotopic (exact) mass is 530 g/mol. The van der Waals surface area contributed by atoms with Crippen LogP contribution in [0.1, 0.15) is 26.3 Å². The summed E-state index contributed by atoms with van der Waals surface area (Å²) in [6, 6.07) is 11.4. The van der Waals surface area contributed by atoms with Gasteiger partial charge in [-0.3, -0.25) is 4.99 Å². The maximum absolute atomic E-state index is 5.86. The third-order valence-corrected chi connectivity index (χ3v) is 5.33. The Morgan fingerprint density at radius 2 is 1.86 bits per heavy atom. The molecule has 2 rings (SSSR count). The predicted octanol–water partition coefficient (Wildman–Crippen LogP) is 4.70. The van der Waals surface area contributed by atoms with E-state index in [0.29, 0.717) is 30.5 Å². The predicted molar refractivity (Wildman–Crippen MR) is 133 cm³/mol. The minimum Gasteiger partial charge on any atom is -0.490 e. The topological polar surface area (TPSA) is 67.8 Å². The van der Waals surface area contributed by atoms with Gasteiger partial charge in [-0.25, -0.2) is 4.98 Å². The Hall–Kier alpha value is -1.68. The Bertz CT molecular complexity index is 770. The van der Waals surface area contributed by atoms with Crippen LogP contribution >= 0.6 is 35.7 Å². The van der Waals surface area contributed by atoms with Crippen LogP contribution < -0.4 is 20.1 Å². The summed E-state index contributed by atoms with van der Waals surface area (Å²) in [5.74, 6) is 2.66. The smallest absolute Gasteiger partial charge is 0.219 e. The summed E-state index contributed by atoms with van der Waals surface area (Å²) in [5, 5.41) is 6.66. The van der Waals surface area contributed by atoms with Gasteiger partial charge in [0.1, 0.15) is 0 Å². The van der Waals surface area contributed by atoms with Crippen molar-refractivity contribution in [2.45, 2.75) is 32.1 Å². The molecule has 2 aromatic rings. The SMILES string of the molecule is CCOc1ccccc1Oc1ccc(CNC(=NC)NCC(C)(C)SC)cn1.I. The molecule has 0 bridgehead atoms. The summed E-state index contributed by atoms with van der Waals surface area (Å²) in [6.45, 7) is 8.39. The maximum atomic E-state index is 5.86. The zero-order valence-electron chi connectivity index (χ0n) is 17.7. The molecule has 0 aliphatic heterocycles. The number of rotatable bonds is 9. The molecule has 0 aliphatic rings. The standard InChI is InChI=1S/C21H30N4O2S.HI/c1-6-26-17-9-7-8-10-18(17)27-19-12-11-16(13-23-19)14-24-20(22-4)25-15-21(2,3)28-5;/h7-13H,6,14-15H2,1-5H3,(H2,22,24,25);1H. The van der Waals surface area contributed by atoms with Gasteiger partial charge in [-0.05, 0) is 44.7 Å². The quantitative estimate of drug-likeness (QED) is 0.279. The van der Waals surface area contributed by atoms with E-state index in [2.05, 4.69) is 40.7 Å². The van der Waals surface area contributed by atoms with Crippen LogP contribution in [-0.2, 0) is 6.54 Å². The third kappa shape index (κ3) is 8.69. The van der Waals surface area contributed by atoms with Crippen LogP contribution in [0, 0.1) is 0 Å². The fourth-order valence-electron chi connectivity index (χ4n) is 2.27. The molecular weight excluding hydrogens is 499 g/mol. The van der Waals surface area contributed by atoms with Crippen LogP contribution in [-0.4, -0.2) is 42.1 Å². The molecule has 0 radical (unpaired) electrons. The van der Waals surface area contributed by atoms with E-state index in [-0.39, 0.29) is 28.7 Å². The Morgan fingerprint density at radius 1 is 1.14 bits per heavy atom. The van der Waals surface area contributed by atoms with Crippen molar-refractivity contribution in [2.75, 3.05) is 26.5 Å². The second-order valence-corrected chi connectivity index (χ2v) is 8.24. The number of para-hydroxylation sites is 2. The third-order valence-electron chi connectivity index (χ3n) is 4.08. The average molecular weight is 530 g/mol. The first kappa shape index (κ1) is 25.4. The number of halogens is 1. The highest BCUT2D eigenvalue weighted by atomic mass is 127. The highest BCUT2D eigenvalue weighted by Gasteiger charge is 2.16. The van der Waals surface area contributed by atoms with E-state index in [1.165, 1.54) is 0 Å². The molecule has 2 N–H and O–H groups in total. The summed E-state index contributed by atoms with van der Waals surface area (Å²) in [4.78, 5) is 8.66. The van der Waals surface area contributed by atoms with Gasteiger partial charge in [0.05, 0.1) is 6.61 Å². The van der Waals surface area contributed by atoms with Crippen molar-refractivity contribution in [1.82, 2.24) is 15.6 Å². The first-order valence-electron chi connectivity index (χ1n) is 9.31. The molecule has 8 heteroatoms. The number of guanidine groups is 1. The van der Waals surface area contributed by atoms with Gasteiger partial charge in [0.2, 0.25) is 5.88 Å². The molecule has 29 heavy (non-hydrogen) atoms. The lowest BCUT2D eigenvalue weighted by Gasteiger charge is -2.23. The van der Waals surface area contributed by atoms with Crippen molar-refractivity contribution in [1.29, 1.82) is 0 Å². The fourth-order valence-corrected chi connectivity index (χ4v) is 2.49. The Balaban J connectivity index is 0.00000420. The molecule has 0 spiro atoms. The Morgan fingerprint density at radius 3 is 2.45 bits per heavy atom. The van der Waals surface area contributed by atoms with Gasteiger partial charge in [-0.1, -0.05) is 18.2 Å². The molecule has 0 unspecified atom stereocenters. The van der Waals surface area contributed by atoms with Crippen molar-refractivity contribution in [2.24, 2.45) is 4.99 Å². The molecule has 1 heterocycles. The minimum absolute atomic E-state index is 0. The number of thioether (sulfide) groups is 1. The number of nitrogens with one attached hydrogen (secondary N) is 2. The van der Waals surface area contributed by atoms with E-state index in [0.717, 1.165) is 18.1 Å². The number of pyridine rings is 1. The summed E-state index contributed by atoms with van der Waals surface area (Å²) >= 11 is 1.82. The zero-order valence-corrected chi connectivity index (χ0v) is 20.8. The second-order valence-electron chi connectivity index (χ2n) is 6.73. The second kappa shape index (κ2) is 12.8. The molecule has 0 amide bonds. The summed E-state index contributed by atoms with van der Waals surface area (Å²) in [7, 11) is 1.77. The minimum atomic E-state index is 0. The normalized spacial score (nSPS) is 11.4. The van der Waals surface area contributed by atoms with Crippen LogP contribution in [0.5, 0.6) is 17.4 Å². The lowest BCUT2D eigenvalue weighted by atomic mass is 10.2. The highest BCUT2D eigenvalue weighted by Crippen LogP contribution is 2.30. The van der Waals surface area contributed by atoms with Crippen LogP contribution in [0.15, 0.2) is 47.6 Å². The molecule has 0 aliphatic carbocycles. The molecule has 0 saturated heterocycles. The van der Waals surface area contributed by atoms with Crippen molar-refractivity contribution in [3.8, 4) is 17.4 Å². The van der Waals surface area contributed by atoms with Gasteiger partial charge in [0.15, 0.2) is 17.5 Å². The van der Waals surface area contributed by atoms with E-state index in [1.807, 2.05) is 55.1 Å². The first-order chi connectivity index (χ1) is 13.5. The maximum Gasteiger partial charge on any atom is 0.219 e. The molecular formula is C21H31IN4O2S. The molecule has 0 saturated carbocycles. The summed E-state index contributed by atoms with van der Waals surface area (Å²) in [6.07, 6.45) is 3.91. The van der Waals surface area contributed by atoms with E-state index >= 15 is 0 Å². The molecule has 0 fully saturated rings. The van der Waals surface area contributed by atoms with Crippen molar-refractivity contribution in [3.63, 3.8) is 0 Å². The average Bonchev–Trinajstić information content (AvgIpc) is 2.71. The van der Waals surface area contributed by atoms with Crippen LogP contribution in [0.25, 0.3) is 0 Å². The lowest BCUT2D eigenvalue weighted by Crippen LogP contribution is -2.42. The largest absolute Gasteiger partial charge is 0.490 e. The molecule has 6 nitrogen and oxygen atoms in total. The van der Waals surface area contributed by atoms with Crippen LogP contribution in [0.3, 0.4) is 0 Å². The Labute approximate surface area is 195 Å². The van der Waals surface area contributed by atoms with Crippen molar-refractivity contribution in [3.05, 3.63) is 48.2 Å². The van der Waals surface area contributed by atoms with Crippen LogP contribution in [0.2, 0.25) is 0 Å². The van der Waals surface area contributed by atoms with Gasteiger partial charge < -0.3 is 20.1 Å². The fraction of sp³-hybridized carbons (Fsp3) is 0.429. The number of aliphatic imine (C=N–C) groups is 1. The van der Waals surface area contributed by atoms with Gasteiger partial charge in [-0.15, -0.1) is 24.0 Å². The van der Waals surface area contributed by atoms with Gasteiger partial charge in [0.25, 0.3) is 0 Å². The van der Waals surface area contributed by atoms with Gasteiger partial charge in [-0.2, -0.15) is 11.8 Å². The molecule has 1 aromatic carbocycles.